The van der Waals surface area contributed by atoms with Crippen molar-refractivity contribution in [2.75, 3.05) is 6.61 Å². The summed E-state index contributed by atoms with van der Waals surface area (Å²) in [5, 5.41) is 0. The third-order valence-corrected chi connectivity index (χ3v) is 1.55. The molecule has 0 fully saturated rings. The molecule has 1 heterocycles. The number of fused-ring (bicyclic) bond motifs is 1. The fraction of sp³-hybridized carbons (Fsp3) is 0.111. The first-order valence-electron chi connectivity index (χ1n) is 3.35. The summed E-state index contributed by atoms with van der Waals surface area (Å²) in [5.74, 6) is 0.991. The van der Waals surface area contributed by atoms with Gasteiger partial charge in [-0.1, -0.05) is 24.3 Å². The van der Waals surface area contributed by atoms with E-state index in [1.165, 1.54) is 5.56 Å². The van der Waals surface area contributed by atoms with Gasteiger partial charge in [0.15, 0.2) is 0 Å². The molecule has 0 aromatic heterocycles. The molecule has 0 spiro atoms. The maximum Gasteiger partial charge on any atom is 0.126 e. The molecule has 3 heteroatoms. The van der Waals surface area contributed by atoms with Crippen LogP contribution in [0.15, 0.2) is 30.3 Å². The van der Waals surface area contributed by atoms with E-state index in [0.717, 1.165) is 5.75 Å². The van der Waals surface area contributed by atoms with Crippen molar-refractivity contribution >= 4 is 16.0 Å². The van der Waals surface area contributed by atoms with Gasteiger partial charge in [-0.3, -0.25) is 0 Å². The number of hydrogen-bond acceptors (Lipinski definition) is 1. The van der Waals surface area contributed by atoms with E-state index in [4.69, 9.17) is 4.74 Å². The average molecular weight is 262 g/mol. The van der Waals surface area contributed by atoms with Crippen LogP contribution in [0.1, 0.15) is 5.56 Å². The number of benzene rings is 1. The first-order chi connectivity index (χ1) is 4.97. The molecule has 1 nitrogen and oxygen atoms in total. The molecule has 0 amide bonds. The minimum atomic E-state index is 0. The van der Waals surface area contributed by atoms with Crippen LogP contribution in [0.5, 0.6) is 5.75 Å². The quantitative estimate of drug-likeness (QED) is 0.514. The molecular formula is C9H11MoOP. The van der Waals surface area contributed by atoms with Gasteiger partial charge in [-0.25, -0.2) is 0 Å². The molecule has 1 atom stereocenters. The number of hydrogen-bond donors (Lipinski definition) is 0. The summed E-state index contributed by atoms with van der Waals surface area (Å²) in [7, 11) is 0. The molecule has 0 saturated carbocycles. The van der Waals surface area contributed by atoms with Gasteiger partial charge in [-0.15, -0.1) is 0 Å². The van der Waals surface area contributed by atoms with Gasteiger partial charge in [0, 0.05) is 26.6 Å². The normalized spacial score (nSPS) is 11.7. The molecule has 0 saturated heterocycles. The molecule has 0 N–H and O–H groups in total. The topological polar surface area (TPSA) is 9.23 Å². The van der Waals surface area contributed by atoms with Crippen molar-refractivity contribution in [1.82, 2.24) is 0 Å². The Morgan fingerprint density at radius 3 is 2.67 bits per heavy atom. The molecule has 1 aliphatic rings. The van der Waals surface area contributed by atoms with Gasteiger partial charge in [0.1, 0.15) is 12.4 Å². The maximum atomic E-state index is 5.34. The zero-order valence-electron chi connectivity index (χ0n) is 6.69. The van der Waals surface area contributed by atoms with E-state index < -0.39 is 0 Å². The van der Waals surface area contributed by atoms with Crippen LogP contribution in [0, 0.1) is 0 Å². The van der Waals surface area contributed by atoms with Gasteiger partial charge in [-0.05, 0) is 12.1 Å². The third kappa shape index (κ3) is 2.44. The standard InChI is InChI=1S/C9H8O.Mo.H3P/c1-2-6-9-8(4-1)5-3-7-10-9;;/h1-6H,7H2;;1H3. The van der Waals surface area contributed by atoms with Crippen molar-refractivity contribution in [3.05, 3.63) is 35.9 Å². The van der Waals surface area contributed by atoms with Crippen LogP contribution in [-0.4, -0.2) is 6.61 Å². The number of para-hydroxylation sites is 1. The SMILES string of the molecule is C1=Cc2ccccc2OC1.P.[Mo]. The fourth-order valence-corrected chi connectivity index (χ4v) is 1.06. The molecule has 0 radical (unpaired) electrons. The van der Waals surface area contributed by atoms with Crippen molar-refractivity contribution in [3.63, 3.8) is 0 Å². The summed E-state index contributed by atoms with van der Waals surface area (Å²) in [5.41, 5.74) is 1.17. The molecule has 0 bridgehead atoms. The van der Waals surface area contributed by atoms with Crippen molar-refractivity contribution in [2.45, 2.75) is 0 Å². The molecule has 1 aliphatic heterocycles. The van der Waals surface area contributed by atoms with E-state index in [9.17, 15) is 0 Å². The largest absolute Gasteiger partial charge is 0.489 e. The Kier molecular flexibility index (Phi) is 5.46. The summed E-state index contributed by atoms with van der Waals surface area (Å²) in [6, 6.07) is 8.03. The molecule has 1 unspecified atom stereocenters. The van der Waals surface area contributed by atoms with Crippen LogP contribution in [0.25, 0.3) is 6.08 Å². The van der Waals surface area contributed by atoms with Crippen molar-refractivity contribution in [3.8, 4) is 5.75 Å². The summed E-state index contributed by atoms with van der Waals surface area (Å²) < 4.78 is 5.34. The van der Waals surface area contributed by atoms with Crippen LogP contribution in [0.3, 0.4) is 0 Å². The van der Waals surface area contributed by atoms with Gasteiger partial charge in [0.2, 0.25) is 0 Å². The number of ether oxygens (including phenoxy) is 1. The van der Waals surface area contributed by atoms with Crippen LogP contribution >= 0.6 is 9.90 Å². The zero-order valence-corrected chi connectivity index (χ0v) is 10.1. The maximum absolute atomic E-state index is 5.34. The summed E-state index contributed by atoms with van der Waals surface area (Å²) in [6.07, 6.45) is 4.10. The molecule has 1 aromatic rings. The predicted octanol–water partition coefficient (Wildman–Crippen LogP) is 2.15. The van der Waals surface area contributed by atoms with Gasteiger partial charge < -0.3 is 4.74 Å². The third-order valence-electron chi connectivity index (χ3n) is 1.55. The van der Waals surface area contributed by atoms with Gasteiger partial charge in [-0.2, -0.15) is 9.90 Å². The van der Waals surface area contributed by atoms with E-state index >= 15 is 0 Å². The Labute approximate surface area is 90.1 Å². The fourth-order valence-electron chi connectivity index (χ4n) is 1.06. The summed E-state index contributed by atoms with van der Waals surface area (Å²) in [4.78, 5) is 0. The van der Waals surface area contributed by atoms with Crippen LogP contribution in [-0.2, 0) is 21.1 Å². The average Bonchev–Trinajstić information content (AvgIpc) is 2.05. The minimum Gasteiger partial charge on any atom is -0.489 e. The molecule has 2 rings (SSSR count). The minimum absolute atomic E-state index is 0. The molecule has 64 valence electrons. The Morgan fingerprint density at radius 1 is 1.17 bits per heavy atom. The van der Waals surface area contributed by atoms with Crippen molar-refractivity contribution in [2.24, 2.45) is 0 Å². The summed E-state index contributed by atoms with van der Waals surface area (Å²) in [6.45, 7) is 0.705. The van der Waals surface area contributed by atoms with Gasteiger partial charge in [0.25, 0.3) is 0 Å². The predicted molar refractivity (Wildman–Crippen MR) is 52.1 cm³/mol. The van der Waals surface area contributed by atoms with E-state index in [2.05, 4.69) is 6.08 Å². The molecule has 0 aliphatic carbocycles. The van der Waals surface area contributed by atoms with E-state index in [1.54, 1.807) is 0 Å². The van der Waals surface area contributed by atoms with E-state index in [1.807, 2.05) is 30.3 Å². The van der Waals surface area contributed by atoms with E-state index in [0.29, 0.717) is 6.61 Å². The molecular weight excluding hydrogens is 251 g/mol. The van der Waals surface area contributed by atoms with Crippen LogP contribution in [0.2, 0.25) is 0 Å². The Balaban J connectivity index is 0.000000605. The van der Waals surface area contributed by atoms with Crippen LogP contribution < -0.4 is 4.74 Å². The van der Waals surface area contributed by atoms with Crippen molar-refractivity contribution < 1.29 is 25.8 Å². The molecule has 1 aromatic carbocycles. The first-order valence-corrected chi connectivity index (χ1v) is 3.35. The summed E-state index contributed by atoms with van der Waals surface area (Å²) >= 11 is 0. The second-order valence-corrected chi connectivity index (χ2v) is 2.25. The first kappa shape index (κ1) is 11.9. The molecule has 12 heavy (non-hydrogen) atoms. The Morgan fingerprint density at radius 2 is 1.92 bits per heavy atom. The Hall–Kier alpha value is -0.122. The van der Waals surface area contributed by atoms with E-state index in [-0.39, 0.29) is 31.0 Å². The van der Waals surface area contributed by atoms with Gasteiger partial charge >= 0.3 is 0 Å². The number of rotatable bonds is 0. The van der Waals surface area contributed by atoms with Gasteiger partial charge in [0.05, 0.1) is 0 Å². The zero-order chi connectivity index (χ0) is 6.81. The monoisotopic (exact) mass is 264 g/mol. The Bertz CT molecular complexity index is 273. The second-order valence-electron chi connectivity index (χ2n) is 2.25. The second kappa shape index (κ2) is 5.51. The van der Waals surface area contributed by atoms with Crippen molar-refractivity contribution in [1.29, 1.82) is 0 Å². The van der Waals surface area contributed by atoms with Crippen LogP contribution in [0.4, 0.5) is 0 Å². The smallest absolute Gasteiger partial charge is 0.126 e.